The van der Waals surface area contributed by atoms with Crippen molar-refractivity contribution in [1.82, 2.24) is 5.32 Å². The molecule has 1 nitrogen and oxygen atoms in total. The third-order valence-electron chi connectivity index (χ3n) is 3.07. The summed E-state index contributed by atoms with van der Waals surface area (Å²) in [5, 5.41) is 3.65. The smallest absolute Gasteiger partial charge is 0.0297 e. The van der Waals surface area contributed by atoms with E-state index in [9.17, 15) is 0 Å². The maximum Gasteiger partial charge on any atom is 0.0297 e. The Kier molecular flexibility index (Phi) is 4.19. The maximum atomic E-state index is 3.65. The largest absolute Gasteiger partial charge is 0.304 e. The Morgan fingerprint density at radius 3 is 3.00 bits per heavy atom. The minimum atomic E-state index is 0.408. The number of benzene rings is 1. The third-order valence-corrected chi connectivity index (χ3v) is 3.56. The van der Waals surface area contributed by atoms with E-state index in [1.807, 2.05) is 0 Å². The van der Waals surface area contributed by atoms with E-state index in [2.05, 4.69) is 64.6 Å². The van der Waals surface area contributed by atoms with Gasteiger partial charge >= 0.3 is 0 Å². The molecule has 0 spiro atoms. The molecule has 1 aliphatic carbocycles. The minimum absolute atomic E-state index is 0.408. The molecule has 0 saturated heterocycles. The Morgan fingerprint density at radius 1 is 1.44 bits per heavy atom. The van der Waals surface area contributed by atoms with E-state index in [1.54, 1.807) is 0 Å². The monoisotopic (exact) mass is 279 g/mol. The first-order chi connectivity index (χ1) is 7.75. The number of allylic oxidation sites excluding steroid dienone is 1. The van der Waals surface area contributed by atoms with Crippen LogP contribution in [0, 0.1) is 0 Å². The molecule has 1 aromatic rings. The van der Waals surface area contributed by atoms with Gasteiger partial charge < -0.3 is 5.32 Å². The van der Waals surface area contributed by atoms with Gasteiger partial charge in [-0.05, 0) is 43.9 Å². The second kappa shape index (κ2) is 5.65. The van der Waals surface area contributed by atoms with Crippen molar-refractivity contribution in [1.29, 1.82) is 0 Å². The summed E-state index contributed by atoms with van der Waals surface area (Å²) in [5.74, 6) is 0. The summed E-state index contributed by atoms with van der Waals surface area (Å²) < 4.78 is 1.15. The van der Waals surface area contributed by atoms with Crippen LogP contribution in [0.1, 0.15) is 37.8 Å². The molecule has 0 radical (unpaired) electrons. The Morgan fingerprint density at radius 2 is 2.31 bits per heavy atom. The van der Waals surface area contributed by atoms with Gasteiger partial charge in [0.1, 0.15) is 0 Å². The van der Waals surface area contributed by atoms with Crippen molar-refractivity contribution in [3.63, 3.8) is 0 Å². The van der Waals surface area contributed by atoms with E-state index < -0.39 is 0 Å². The van der Waals surface area contributed by atoms with Gasteiger partial charge in [0, 0.05) is 16.6 Å². The van der Waals surface area contributed by atoms with E-state index in [0.29, 0.717) is 12.1 Å². The second-order valence-corrected chi connectivity index (χ2v) is 5.32. The highest BCUT2D eigenvalue weighted by molar-refractivity contribution is 9.10. The Balaban J connectivity index is 1.99. The highest BCUT2D eigenvalue weighted by Gasteiger charge is 2.12. The standard InChI is InChI=1S/C14H18BrN/c1-11(12-6-5-7-13(15)10-12)16-14-8-3-2-4-9-14/h3,5-8,10-11,14,16H,2,4,9H2,1H3/t11-,14?/m1/s1. The van der Waals surface area contributed by atoms with Crippen LogP contribution in [0.3, 0.4) is 0 Å². The van der Waals surface area contributed by atoms with Crippen LogP contribution in [0.15, 0.2) is 40.9 Å². The number of rotatable bonds is 3. The zero-order valence-corrected chi connectivity index (χ0v) is 11.2. The first kappa shape index (κ1) is 11.9. The molecule has 0 bridgehead atoms. The summed E-state index contributed by atoms with van der Waals surface area (Å²) in [6.07, 6.45) is 8.39. The van der Waals surface area contributed by atoms with Crippen LogP contribution >= 0.6 is 15.9 Å². The zero-order valence-electron chi connectivity index (χ0n) is 9.62. The van der Waals surface area contributed by atoms with E-state index in [1.165, 1.54) is 24.8 Å². The molecule has 0 aliphatic heterocycles. The van der Waals surface area contributed by atoms with Gasteiger partial charge in [0.05, 0.1) is 0 Å². The normalized spacial score (nSPS) is 22.0. The van der Waals surface area contributed by atoms with Crippen molar-refractivity contribution >= 4 is 15.9 Å². The molecular formula is C14H18BrN. The van der Waals surface area contributed by atoms with Crippen molar-refractivity contribution in [2.45, 2.75) is 38.3 Å². The summed E-state index contributed by atoms with van der Waals surface area (Å²) in [4.78, 5) is 0. The number of nitrogens with one attached hydrogen (secondary N) is 1. The topological polar surface area (TPSA) is 12.0 Å². The molecule has 0 amide bonds. The van der Waals surface area contributed by atoms with Crippen LogP contribution in [-0.2, 0) is 0 Å². The summed E-state index contributed by atoms with van der Waals surface area (Å²) in [6.45, 7) is 2.23. The molecule has 2 atom stereocenters. The van der Waals surface area contributed by atoms with Gasteiger partial charge in [0.15, 0.2) is 0 Å². The molecule has 2 rings (SSSR count). The molecule has 86 valence electrons. The molecule has 0 heterocycles. The van der Waals surface area contributed by atoms with Gasteiger partial charge in [-0.15, -0.1) is 0 Å². The highest BCUT2D eigenvalue weighted by atomic mass is 79.9. The lowest BCUT2D eigenvalue weighted by atomic mass is 10.0. The molecule has 1 aromatic carbocycles. The summed E-state index contributed by atoms with van der Waals surface area (Å²) in [5.41, 5.74) is 1.34. The van der Waals surface area contributed by atoms with E-state index in [4.69, 9.17) is 0 Å². The number of hydrogen-bond acceptors (Lipinski definition) is 1. The van der Waals surface area contributed by atoms with Crippen molar-refractivity contribution in [3.8, 4) is 0 Å². The molecule has 1 unspecified atom stereocenters. The average Bonchev–Trinajstić information content (AvgIpc) is 2.30. The van der Waals surface area contributed by atoms with Gasteiger partial charge in [-0.25, -0.2) is 0 Å². The maximum absolute atomic E-state index is 3.65. The zero-order chi connectivity index (χ0) is 11.4. The molecule has 0 fully saturated rings. The molecule has 1 N–H and O–H groups in total. The van der Waals surface area contributed by atoms with E-state index in [0.717, 1.165) is 4.47 Å². The van der Waals surface area contributed by atoms with Crippen LogP contribution in [0.25, 0.3) is 0 Å². The van der Waals surface area contributed by atoms with Gasteiger partial charge in [-0.3, -0.25) is 0 Å². The molecule has 0 aromatic heterocycles. The van der Waals surface area contributed by atoms with E-state index in [-0.39, 0.29) is 0 Å². The van der Waals surface area contributed by atoms with Crippen LogP contribution in [-0.4, -0.2) is 6.04 Å². The van der Waals surface area contributed by atoms with Gasteiger partial charge in [-0.1, -0.05) is 40.2 Å². The van der Waals surface area contributed by atoms with Gasteiger partial charge in [0.2, 0.25) is 0 Å². The van der Waals surface area contributed by atoms with Crippen LogP contribution in [0.5, 0.6) is 0 Å². The summed E-state index contributed by atoms with van der Waals surface area (Å²) in [6, 6.07) is 9.47. The van der Waals surface area contributed by atoms with Crippen LogP contribution in [0.4, 0.5) is 0 Å². The summed E-state index contributed by atoms with van der Waals surface area (Å²) >= 11 is 3.51. The van der Waals surface area contributed by atoms with Crippen molar-refractivity contribution in [2.75, 3.05) is 0 Å². The molecular weight excluding hydrogens is 262 g/mol. The SMILES string of the molecule is C[C@@H](NC1C=CCCC1)c1cccc(Br)c1. The van der Waals surface area contributed by atoms with E-state index >= 15 is 0 Å². The summed E-state index contributed by atoms with van der Waals surface area (Å²) in [7, 11) is 0. The molecule has 16 heavy (non-hydrogen) atoms. The minimum Gasteiger partial charge on any atom is -0.304 e. The van der Waals surface area contributed by atoms with Crippen molar-refractivity contribution in [2.24, 2.45) is 0 Å². The van der Waals surface area contributed by atoms with Crippen molar-refractivity contribution in [3.05, 3.63) is 46.5 Å². The molecule has 2 heteroatoms. The Labute approximate surface area is 106 Å². The number of halogens is 1. The van der Waals surface area contributed by atoms with Crippen LogP contribution < -0.4 is 5.32 Å². The lowest BCUT2D eigenvalue weighted by Gasteiger charge is -2.23. The first-order valence-electron chi connectivity index (χ1n) is 5.94. The molecule has 1 aliphatic rings. The van der Waals surface area contributed by atoms with Gasteiger partial charge in [0.25, 0.3) is 0 Å². The molecule has 0 saturated carbocycles. The average molecular weight is 280 g/mol. The fourth-order valence-electron chi connectivity index (χ4n) is 2.14. The second-order valence-electron chi connectivity index (χ2n) is 4.41. The number of hydrogen-bond donors (Lipinski definition) is 1. The fraction of sp³-hybridized carbons (Fsp3) is 0.429. The quantitative estimate of drug-likeness (QED) is 0.818. The van der Waals surface area contributed by atoms with Gasteiger partial charge in [-0.2, -0.15) is 0 Å². The predicted octanol–water partition coefficient (Wildman–Crippen LogP) is 4.21. The van der Waals surface area contributed by atoms with Crippen LogP contribution in [0.2, 0.25) is 0 Å². The predicted molar refractivity (Wildman–Crippen MR) is 72.5 cm³/mol. The Hall–Kier alpha value is -0.600. The fourth-order valence-corrected chi connectivity index (χ4v) is 2.56. The lowest BCUT2D eigenvalue weighted by molar-refractivity contribution is 0.467. The first-order valence-corrected chi connectivity index (χ1v) is 6.73. The van der Waals surface area contributed by atoms with Crippen molar-refractivity contribution < 1.29 is 0 Å². The highest BCUT2D eigenvalue weighted by Crippen LogP contribution is 2.20. The Bertz CT molecular complexity index is 373. The lowest BCUT2D eigenvalue weighted by Crippen LogP contribution is -2.30. The third kappa shape index (κ3) is 3.19.